The van der Waals surface area contributed by atoms with E-state index in [0.29, 0.717) is 29.3 Å². The molecule has 0 radical (unpaired) electrons. The fraction of sp³-hybridized carbons (Fsp3) is 0.281. The average molecular weight is 553 g/mol. The summed E-state index contributed by atoms with van der Waals surface area (Å²) in [6.07, 6.45) is 2.06. The zero-order valence-electron chi connectivity index (χ0n) is 24.1. The van der Waals surface area contributed by atoms with Gasteiger partial charge in [0.25, 0.3) is 0 Å². The number of aryl methyl sites for hydroxylation is 1. The zero-order valence-corrected chi connectivity index (χ0v) is 24.1. The van der Waals surface area contributed by atoms with Crippen LogP contribution in [0.25, 0.3) is 11.1 Å². The van der Waals surface area contributed by atoms with Crippen molar-refractivity contribution in [3.63, 3.8) is 0 Å². The molecule has 0 bridgehead atoms. The Morgan fingerprint density at radius 3 is 2.49 bits per heavy atom. The molecule has 9 nitrogen and oxygen atoms in total. The molecule has 3 aromatic carbocycles. The van der Waals surface area contributed by atoms with Crippen molar-refractivity contribution in [2.24, 2.45) is 0 Å². The maximum atomic E-state index is 13.0. The molecule has 1 amide bonds. The lowest BCUT2D eigenvalue weighted by atomic mass is 9.96. The SMILES string of the molecule is COc1cccc(-c2cccc(C)c2C)c1OC(=O)Nc1ccnc(Nc2ccc(N3CC[C@@H](N(C)C)C3)cc2)n1. The van der Waals surface area contributed by atoms with Gasteiger partial charge in [-0.05, 0) is 87.5 Å². The molecular weight excluding hydrogens is 516 g/mol. The Morgan fingerprint density at radius 2 is 1.76 bits per heavy atom. The quantitative estimate of drug-likeness (QED) is 0.265. The number of amides is 1. The van der Waals surface area contributed by atoms with Crippen LogP contribution in [-0.4, -0.2) is 61.3 Å². The molecule has 1 saturated heterocycles. The van der Waals surface area contributed by atoms with Crippen LogP contribution in [0.5, 0.6) is 11.5 Å². The average Bonchev–Trinajstić information content (AvgIpc) is 3.46. The molecule has 212 valence electrons. The highest BCUT2D eigenvalue weighted by Crippen LogP contribution is 2.40. The van der Waals surface area contributed by atoms with Crippen LogP contribution in [0.2, 0.25) is 0 Å². The van der Waals surface area contributed by atoms with E-state index < -0.39 is 6.09 Å². The summed E-state index contributed by atoms with van der Waals surface area (Å²) in [7, 11) is 5.81. The molecular formula is C32H36N6O3. The monoisotopic (exact) mass is 552 g/mol. The number of ether oxygens (including phenoxy) is 2. The molecule has 9 heteroatoms. The summed E-state index contributed by atoms with van der Waals surface area (Å²) in [6.45, 7) is 6.16. The van der Waals surface area contributed by atoms with E-state index in [1.807, 2.05) is 43.3 Å². The number of rotatable bonds is 8. The third-order valence-corrected chi connectivity index (χ3v) is 7.56. The maximum Gasteiger partial charge on any atom is 0.418 e. The summed E-state index contributed by atoms with van der Waals surface area (Å²) >= 11 is 0. The molecule has 5 rings (SSSR count). The number of methoxy groups -OCH3 is 1. The van der Waals surface area contributed by atoms with Crippen molar-refractivity contribution < 1.29 is 14.3 Å². The highest BCUT2D eigenvalue weighted by molar-refractivity contribution is 5.88. The van der Waals surface area contributed by atoms with Gasteiger partial charge in [0.2, 0.25) is 5.95 Å². The third-order valence-electron chi connectivity index (χ3n) is 7.56. The minimum atomic E-state index is -0.684. The molecule has 1 aliphatic heterocycles. The van der Waals surface area contributed by atoms with E-state index in [-0.39, 0.29) is 0 Å². The number of nitrogens with zero attached hydrogens (tertiary/aromatic N) is 4. The number of hydrogen-bond donors (Lipinski definition) is 2. The highest BCUT2D eigenvalue weighted by Gasteiger charge is 2.24. The number of para-hydroxylation sites is 1. The Bertz CT molecular complexity index is 1520. The molecule has 2 heterocycles. The lowest BCUT2D eigenvalue weighted by Gasteiger charge is -2.22. The van der Waals surface area contributed by atoms with E-state index in [1.165, 1.54) is 5.69 Å². The van der Waals surface area contributed by atoms with E-state index in [1.54, 1.807) is 25.4 Å². The molecule has 1 aromatic heterocycles. The van der Waals surface area contributed by atoms with E-state index in [0.717, 1.165) is 47.5 Å². The van der Waals surface area contributed by atoms with Crippen molar-refractivity contribution in [2.75, 3.05) is 49.8 Å². The highest BCUT2D eigenvalue weighted by atomic mass is 16.6. The minimum absolute atomic E-state index is 0.305. The van der Waals surface area contributed by atoms with E-state index in [2.05, 4.69) is 69.6 Å². The van der Waals surface area contributed by atoms with Gasteiger partial charge in [-0.1, -0.05) is 30.3 Å². The van der Waals surface area contributed by atoms with Gasteiger partial charge in [0.05, 0.1) is 7.11 Å². The fourth-order valence-electron chi connectivity index (χ4n) is 5.03. The van der Waals surface area contributed by atoms with Gasteiger partial charge in [0, 0.05) is 42.3 Å². The molecule has 2 N–H and O–H groups in total. The largest absolute Gasteiger partial charge is 0.493 e. The van der Waals surface area contributed by atoms with Crippen molar-refractivity contribution in [3.8, 4) is 22.6 Å². The number of benzene rings is 3. The van der Waals surface area contributed by atoms with Gasteiger partial charge < -0.3 is 24.6 Å². The molecule has 0 saturated carbocycles. The standard InChI is InChI=1S/C32H36N6O3/c1-21-8-6-9-26(22(21)2)27-10-7-11-28(40-5)30(27)41-32(39)36-29-16-18-33-31(35-29)34-23-12-14-24(15-13-23)38-19-17-25(20-38)37(3)4/h6-16,18,25H,17,19-20H2,1-5H3,(H2,33,34,35,36,39)/t25-/m1/s1. The lowest BCUT2D eigenvalue weighted by Crippen LogP contribution is -2.31. The molecule has 0 unspecified atom stereocenters. The van der Waals surface area contributed by atoms with Gasteiger partial charge in [-0.25, -0.2) is 9.78 Å². The molecule has 0 aliphatic carbocycles. The van der Waals surface area contributed by atoms with Crippen LogP contribution < -0.4 is 25.0 Å². The summed E-state index contributed by atoms with van der Waals surface area (Å²) in [4.78, 5) is 26.4. The van der Waals surface area contributed by atoms with Crippen LogP contribution in [0.15, 0.2) is 72.9 Å². The number of nitrogens with one attached hydrogen (secondary N) is 2. The van der Waals surface area contributed by atoms with Crippen LogP contribution in [0.3, 0.4) is 0 Å². The predicted octanol–water partition coefficient (Wildman–Crippen LogP) is 6.26. The third kappa shape index (κ3) is 6.41. The summed E-state index contributed by atoms with van der Waals surface area (Å²) in [5.41, 5.74) is 6.02. The van der Waals surface area contributed by atoms with Crippen molar-refractivity contribution in [1.29, 1.82) is 0 Å². The van der Waals surface area contributed by atoms with Gasteiger partial charge in [0.15, 0.2) is 11.5 Å². The first-order valence-corrected chi connectivity index (χ1v) is 13.7. The Morgan fingerprint density at radius 1 is 1.00 bits per heavy atom. The topological polar surface area (TPSA) is 91.8 Å². The molecule has 1 fully saturated rings. The van der Waals surface area contributed by atoms with E-state index in [9.17, 15) is 4.79 Å². The van der Waals surface area contributed by atoms with Gasteiger partial charge >= 0.3 is 6.09 Å². The van der Waals surface area contributed by atoms with E-state index in [4.69, 9.17) is 9.47 Å². The first-order valence-electron chi connectivity index (χ1n) is 13.7. The zero-order chi connectivity index (χ0) is 28.9. The van der Waals surface area contributed by atoms with Crippen LogP contribution >= 0.6 is 0 Å². The molecule has 4 aromatic rings. The number of likely N-dealkylation sites (N-methyl/N-ethyl adjacent to an activating group) is 1. The Kier molecular flexibility index (Phi) is 8.35. The lowest BCUT2D eigenvalue weighted by molar-refractivity contribution is 0.213. The van der Waals surface area contributed by atoms with Crippen molar-refractivity contribution in [3.05, 3.63) is 84.1 Å². The van der Waals surface area contributed by atoms with Crippen LogP contribution in [0.1, 0.15) is 17.5 Å². The molecule has 1 aliphatic rings. The van der Waals surface area contributed by atoms with Gasteiger partial charge in [0.1, 0.15) is 5.82 Å². The number of carbonyl (C=O) groups excluding carboxylic acids is 1. The van der Waals surface area contributed by atoms with E-state index >= 15 is 0 Å². The first-order chi connectivity index (χ1) is 19.8. The Hall–Kier alpha value is -4.63. The smallest absolute Gasteiger partial charge is 0.418 e. The maximum absolute atomic E-state index is 13.0. The van der Waals surface area contributed by atoms with Crippen LogP contribution in [0, 0.1) is 13.8 Å². The van der Waals surface area contributed by atoms with Crippen LogP contribution in [0.4, 0.5) is 27.9 Å². The van der Waals surface area contributed by atoms with Gasteiger partial charge in [-0.15, -0.1) is 0 Å². The molecule has 41 heavy (non-hydrogen) atoms. The summed E-state index contributed by atoms with van der Waals surface area (Å²) in [5.74, 6) is 1.46. The second-order valence-electron chi connectivity index (χ2n) is 10.4. The summed E-state index contributed by atoms with van der Waals surface area (Å²) in [6, 6.07) is 22.0. The minimum Gasteiger partial charge on any atom is -0.493 e. The number of hydrogen-bond acceptors (Lipinski definition) is 8. The Labute approximate surface area is 241 Å². The van der Waals surface area contributed by atoms with Gasteiger partial charge in [-0.2, -0.15) is 4.98 Å². The first kappa shape index (κ1) is 27.9. The normalized spacial score (nSPS) is 14.7. The second kappa shape index (κ2) is 12.3. The number of aromatic nitrogens is 2. The van der Waals surface area contributed by atoms with Crippen molar-refractivity contribution in [2.45, 2.75) is 26.3 Å². The fourth-order valence-corrected chi connectivity index (χ4v) is 5.03. The predicted molar refractivity (Wildman–Crippen MR) is 164 cm³/mol. The molecule has 1 atom stereocenters. The summed E-state index contributed by atoms with van der Waals surface area (Å²) in [5, 5.41) is 5.92. The molecule has 0 spiro atoms. The van der Waals surface area contributed by atoms with Crippen molar-refractivity contribution in [1.82, 2.24) is 14.9 Å². The number of carbonyl (C=O) groups is 1. The van der Waals surface area contributed by atoms with Crippen LogP contribution in [-0.2, 0) is 0 Å². The second-order valence-corrected chi connectivity index (χ2v) is 10.4. The number of anilines is 4. The van der Waals surface area contributed by atoms with Gasteiger partial charge in [-0.3, -0.25) is 5.32 Å². The summed E-state index contributed by atoms with van der Waals surface area (Å²) < 4.78 is 11.3. The van der Waals surface area contributed by atoms with Crippen molar-refractivity contribution >= 4 is 29.2 Å². The Balaban J connectivity index is 1.27.